The van der Waals surface area contributed by atoms with Gasteiger partial charge < -0.3 is 14.2 Å². The normalized spacial score (nSPS) is 13.6. The third-order valence-electron chi connectivity index (χ3n) is 5.60. The van der Waals surface area contributed by atoms with Gasteiger partial charge in [0.1, 0.15) is 29.1 Å². The topological polar surface area (TPSA) is 146 Å². The molecule has 3 heterocycles. The molecule has 1 unspecified atom stereocenters. The van der Waals surface area contributed by atoms with Crippen molar-refractivity contribution in [3.63, 3.8) is 0 Å². The summed E-state index contributed by atoms with van der Waals surface area (Å²) in [5.74, 6) is 2.32. The van der Waals surface area contributed by atoms with E-state index in [1.165, 1.54) is 7.11 Å². The second kappa shape index (κ2) is 12.0. The second-order valence-electron chi connectivity index (χ2n) is 7.98. The van der Waals surface area contributed by atoms with Crippen molar-refractivity contribution in [1.82, 2.24) is 34.4 Å². The number of methoxy groups -OCH3 is 3. The molecule has 1 aromatic carbocycles. The largest absolute Gasteiger partial charge is 0.494 e. The van der Waals surface area contributed by atoms with Crippen LogP contribution in [0.5, 0.6) is 11.5 Å². The Morgan fingerprint density at radius 2 is 1.73 bits per heavy atom. The molecule has 37 heavy (non-hydrogen) atoms. The predicted molar refractivity (Wildman–Crippen MR) is 136 cm³/mol. The van der Waals surface area contributed by atoms with E-state index >= 15 is 0 Å². The van der Waals surface area contributed by atoms with Crippen molar-refractivity contribution in [3.05, 3.63) is 72.3 Å². The summed E-state index contributed by atoms with van der Waals surface area (Å²) in [6, 6.07) is 8.29. The lowest BCUT2D eigenvalue weighted by Gasteiger charge is -2.25. The molecule has 13 heteroatoms. The quantitative estimate of drug-likeness (QED) is 0.280. The molecule has 4 rings (SSSR count). The Labute approximate surface area is 216 Å². The van der Waals surface area contributed by atoms with E-state index in [-0.39, 0.29) is 6.42 Å². The number of hydrogen-bond donors (Lipinski definition) is 2. The SMILES string of the molecule is COc1cccc(OC)c1-n1c(C[C@H](NS(=O)O)[C@H](OC)c2ncc(C)cn2)nnc1-c1cccnc1. The minimum Gasteiger partial charge on any atom is -0.494 e. The minimum atomic E-state index is -2.36. The van der Waals surface area contributed by atoms with Gasteiger partial charge in [-0.2, -0.15) is 0 Å². The van der Waals surface area contributed by atoms with E-state index in [1.807, 2.05) is 19.1 Å². The first-order valence-corrected chi connectivity index (χ1v) is 12.3. The number of aryl methyl sites for hydroxylation is 1. The smallest absolute Gasteiger partial charge is 0.232 e. The number of para-hydroxylation sites is 1. The van der Waals surface area contributed by atoms with E-state index in [0.29, 0.717) is 40.2 Å². The lowest BCUT2D eigenvalue weighted by atomic mass is 10.1. The van der Waals surface area contributed by atoms with Gasteiger partial charge >= 0.3 is 0 Å². The fourth-order valence-corrected chi connectivity index (χ4v) is 4.42. The molecule has 194 valence electrons. The summed E-state index contributed by atoms with van der Waals surface area (Å²) in [6.07, 6.45) is 5.98. The van der Waals surface area contributed by atoms with Gasteiger partial charge in [0, 0.05) is 43.9 Å². The summed E-state index contributed by atoms with van der Waals surface area (Å²) in [5.41, 5.74) is 2.14. The molecule has 0 saturated heterocycles. The summed E-state index contributed by atoms with van der Waals surface area (Å²) in [6.45, 7) is 1.87. The molecule has 3 atom stereocenters. The zero-order valence-electron chi connectivity index (χ0n) is 20.7. The number of rotatable bonds is 11. The first-order chi connectivity index (χ1) is 18.0. The fourth-order valence-electron chi connectivity index (χ4n) is 3.95. The van der Waals surface area contributed by atoms with Gasteiger partial charge in [0.15, 0.2) is 11.6 Å². The molecule has 0 aliphatic carbocycles. The van der Waals surface area contributed by atoms with Crippen molar-refractivity contribution in [3.8, 4) is 28.6 Å². The molecular formula is C24H27N7O5S. The van der Waals surface area contributed by atoms with Crippen LogP contribution in [0.3, 0.4) is 0 Å². The molecule has 0 aliphatic heterocycles. The Balaban J connectivity index is 1.88. The molecule has 0 aliphatic rings. The Kier molecular flexibility index (Phi) is 8.50. The van der Waals surface area contributed by atoms with Gasteiger partial charge in [-0.15, -0.1) is 10.2 Å². The summed E-state index contributed by atoms with van der Waals surface area (Å²) in [5, 5.41) is 8.89. The lowest BCUT2D eigenvalue weighted by molar-refractivity contribution is 0.0671. The van der Waals surface area contributed by atoms with Gasteiger partial charge in [0.25, 0.3) is 0 Å². The molecule has 4 aromatic rings. The Morgan fingerprint density at radius 1 is 1.03 bits per heavy atom. The van der Waals surface area contributed by atoms with Crippen LogP contribution in [0.25, 0.3) is 17.1 Å². The molecule has 0 bridgehead atoms. The highest BCUT2D eigenvalue weighted by Gasteiger charge is 2.31. The molecule has 0 saturated carbocycles. The molecule has 0 radical (unpaired) electrons. The van der Waals surface area contributed by atoms with Gasteiger partial charge in [0.2, 0.25) is 11.3 Å². The van der Waals surface area contributed by atoms with Crippen molar-refractivity contribution in [2.75, 3.05) is 21.3 Å². The monoisotopic (exact) mass is 525 g/mol. The van der Waals surface area contributed by atoms with Crippen LogP contribution >= 0.6 is 0 Å². The lowest BCUT2D eigenvalue weighted by Crippen LogP contribution is -2.40. The summed E-state index contributed by atoms with van der Waals surface area (Å²) in [7, 11) is 4.60. The maximum absolute atomic E-state index is 11.9. The van der Waals surface area contributed by atoms with Crippen molar-refractivity contribution in [2.45, 2.75) is 25.5 Å². The van der Waals surface area contributed by atoms with Gasteiger partial charge in [0.05, 0.1) is 20.3 Å². The number of benzene rings is 1. The highest BCUT2D eigenvalue weighted by molar-refractivity contribution is 7.77. The van der Waals surface area contributed by atoms with Crippen LogP contribution in [0.1, 0.15) is 23.3 Å². The Bertz CT molecular complexity index is 1330. The first-order valence-electron chi connectivity index (χ1n) is 11.2. The minimum absolute atomic E-state index is 0.108. The van der Waals surface area contributed by atoms with Crippen LogP contribution in [-0.2, 0) is 22.4 Å². The van der Waals surface area contributed by atoms with Crippen molar-refractivity contribution < 1.29 is 23.0 Å². The van der Waals surface area contributed by atoms with Crippen LogP contribution in [-0.4, -0.2) is 65.8 Å². The van der Waals surface area contributed by atoms with Crippen molar-refractivity contribution >= 4 is 11.3 Å². The van der Waals surface area contributed by atoms with E-state index in [1.54, 1.807) is 61.8 Å². The highest BCUT2D eigenvalue weighted by atomic mass is 32.2. The number of hydrogen-bond acceptors (Lipinski definition) is 9. The molecular weight excluding hydrogens is 498 g/mol. The van der Waals surface area contributed by atoms with E-state index in [2.05, 4.69) is 29.9 Å². The maximum Gasteiger partial charge on any atom is 0.232 e. The van der Waals surface area contributed by atoms with Crippen LogP contribution < -0.4 is 14.2 Å². The van der Waals surface area contributed by atoms with Crippen LogP contribution in [0.15, 0.2) is 55.1 Å². The standard InChI is InChI=1S/C24H27N7O5S/c1-15-12-26-23(27-13-15)22(36-4)17(30-37(32)33)11-20-28-29-24(16-7-6-10-25-14-16)31(20)21-18(34-2)8-5-9-19(21)35-3/h5-10,12-14,17,22,30H,11H2,1-4H3,(H,32,33)/t17-,22-/m0/s1. The maximum atomic E-state index is 11.9. The fraction of sp³-hybridized carbons (Fsp3) is 0.292. The highest BCUT2D eigenvalue weighted by Crippen LogP contribution is 2.36. The average molecular weight is 526 g/mol. The zero-order valence-corrected chi connectivity index (χ0v) is 21.5. The average Bonchev–Trinajstić information content (AvgIpc) is 3.32. The van der Waals surface area contributed by atoms with Crippen molar-refractivity contribution in [2.24, 2.45) is 0 Å². The first kappa shape index (κ1) is 26.3. The molecule has 0 fully saturated rings. The van der Waals surface area contributed by atoms with Crippen molar-refractivity contribution in [1.29, 1.82) is 0 Å². The Morgan fingerprint density at radius 3 is 2.30 bits per heavy atom. The summed E-state index contributed by atoms with van der Waals surface area (Å²) < 4.78 is 43.1. The van der Waals surface area contributed by atoms with E-state index in [4.69, 9.17) is 14.2 Å². The third-order valence-corrected chi connectivity index (χ3v) is 6.11. The third kappa shape index (κ3) is 5.80. The Hall–Kier alpha value is -3.78. The molecule has 0 amide bonds. The van der Waals surface area contributed by atoms with E-state index in [9.17, 15) is 8.76 Å². The molecule has 2 N–H and O–H groups in total. The van der Waals surface area contributed by atoms with Gasteiger partial charge in [-0.1, -0.05) is 6.07 Å². The number of nitrogens with zero attached hydrogens (tertiary/aromatic N) is 6. The van der Waals surface area contributed by atoms with Crippen LogP contribution in [0, 0.1) is 6.92 Å². The molecule has 3 aromatic heterocycles. The molecule has 0 spiro atoms. The number of ether oxygens (including phenoxy) is 3. The van der Waals surface area contributed by atoms with Gasteiger partial charge in [-0.05, 0) is 36.8 Å². The predicted octanol–water partition coefficient (Wildman–Crippen LogP) is 2.47. The summed E-state index contributed by atoms with van der Waals surface area (Å²) >= 11 is -2.36. The van der Waals surface area contributed by atoms with Crippen LogP contribution in [0.4, 0.5) is 0 Å². The summed E-state index contributed by atoms with van der Waals surface area (Å²) in [4.78, 5) is 12.9. The number of aromatic nitrogens is 6. The van der Waals surface area contributed by atoms with Gasteiger partial charge in [-0.25, -0.2) is 18.9 Å². The van der Waals surface area contributed by atoms with Crippen LogP contribution in [0.2, 0.25) is 0 Å². The number of nitrogens with one attached hydrogen (secondary N) is 1. The molecule has 12 nitrogen and oxygen atoms in total. The zero-order chi connectivity index (χ0) is 26.4. The van der Waals surface area contributed by atoms with E-state index < -0.39 is 23.4 Å². The van der Waals surface area contributed by atoms with E-state index in [0.717, 1.165) is 5.56 Å². The van der Waals surface area contributed by atoms with Gasteiger partial charge in [-0.3, -0.25) is 14.1 Å². The second-order valence-corrected chi connectivity index (χ2v) is 8.71. The number of pyridine rings is 1.